The van der Waals surface area contributed by atoms with Gasteiger partial charge >= 0.3 is 5.97 Å². The van der Waals surface area contributed by atoms with Gasteiger partial charge in [-0.05, 0) is 78.3 Å². The average molecular weight is 504 g/mol. The number of aromatic nitrogens is 1. The molecule has 0 aliphatic carbocycles. The normalized spacial score (nSPS) is 11.2. The van der Waals surface area contributed by atoms with Crippen molar-refractivity contribution in [2.75, 3.05) is 0 Å². The standard InChI is InChI=1S/C30H30ClNO4/c1-20(2)14-21-6-4-10-26(16-21)36-19-22-7-3-8-23(15-22)30(35)32-18-24(9-5-11-29(33)34)27-13-12-25(31)17-28(27)32/h3-4,6-8,10,12-13,15-18,20H,5,9,11,14,19H2,1-2H3,(H,33,34). The molecule has 3 aromatic carbocycles. The molecule has 0 saturated heterocycles. The zero-order valence-electron chi connectivity index (χ0n) is 20.5. The number of aryl methyl sites for hydroxylation is 1. The Morgan fingerprint density at radius 3 is 2.56 bits per heavy atom. The molecule has 1 N–H and O–H groups in total. The van der Waals surface area contributed by atoms with Crippen LogP contribution in [0.5, 0.6) is 5.75 Å². The smallest absolute Gasteiger partial charge is 0.303 e. The molecule has 5 nitrogen and oxygen atoms in total. The van der Waals surface area contributed by atoms with Crippen LogP contribution in [-0.4, -0.2) is 21.6 Å². The molecule has 1 heterocycles. The summed E-state index contributed by atoms with van der Waals surface area (Å²) < 4.78 is 7.63. The molecule has 0 spiro atoms. The Kier molecular flexibility index (Phi) is 8.11. The number of hydrogen-bond acceptors (Lipinski definition) is 3. The summed E-state index contributed by atoms with van der Waals surface area (Å²) in [5, 5.41) is 10.4. The molecule has 0 radical (unpaired) electrons. The molecular formula is C30H30ClNO4. The molecule has 1 aromatic heterocycles. The van der Waals surface area contributed by atoms with Crippen LogP contribution in [0.3, 0.4) is 0 Å². The average Bonchev–Trinajstić information content (AvgIpc) is 3.19. The Morgan fingerprint density at radius 2 is 1.78 bits per heavy atom. The van der Waals surface area contributed by atoms with Crippen molar-refractivity contribution in [3.05, 3.63) is 100 Å². The summed E-state index contributed by atoms with van der Waals surface area (Å²) in [6.45, 7) is 4.73. The van der Waals surface area contributed by atoms with Crippen LogP contribution in [-0.2, 0) is 24.2 Å². The molecule has 36 heavy (non-hydrogen) atoms. The van der Waals surface area contributed by atoms with Crippen molar-refractivity contribution >= 4 is 34.4 Å². The van der Waals surface area contributed by atoms with Gasteiger partial charge in [0.15, 0.2) is 0 Å². The fourth-order valence-corrected chi connectivity index (χ4v) is 4.57. The number of rotatable bonds is 10. The minimum absolute atomic E-state index is 0.0800. The number of fused-ring (bicyclic) bond motifs is 1. The van der Waals surface area contributed by atoms with Crippen molar-refractivity contribution in [2.24, 2.45) is 5.92 Å². The van der Waals surface area contributed by atoms with E-state index in [1.165, 1.54) is 5.56 Å². The van der Waals surface area contributed by atoms with E-state index in [9.17, 15) is 9.59 Å². The molecule has 0 aliphatic heterocycles. The second kappa shape index (κ2) is 11.4. The molecule has 0 fully saturated rings. The van der Waals surface area contributed by atoms with Crippen LogP contribution in [0.1, 0.15) is 53.7 Å². The number of carbonyl (C=O) groups is 2. The summed E-state index contributed by atoms with van der Waals surface area (Å²) in [4.78, 5) is 24.5. The predicted octanol–water partition coefficient (Wildman–Crippen LogP) is 7.17. The van der Waals surface area contributed by atoms with Crippen molar-refractivity contribution in [3.63, 3.8) is 0 Å². The van der Waals surface area contributed by atoms with E-state index >= 15 is 0 Å². The first-order valence-corrected chi connectivity index (χ1v) is 12.5. The molecule has 0 aliphatic rings. The quantitative estimate of drug-likeness (QED) is 0.249. The van der Waals surface area contributed by atoms with E-state index < -0.39 is 5.97 Å². The van der Waals surface area contributed by atoms with Crippen LogP contribution >= 0.6 is 11.6 Å². The minimum atomic E-state index is -0.830. The summed E-state index contributed by atoms with van der Waals surface area (Å²) in [6, 6.07) is 21.0. The van der Waals surface area contributed by atoms with E-state index in [1.807, 2.05) is 36.4 Å². The van der Waals surface area contributed by atoms with Crippen LogP contribution in [0.25, 0.3) is 10.9 Å². The molecule has 0 atom stereocenters. The molecule has 0 unspecified atom stereocenters. The van der Waals surface area contributed by atoms with Crippen LogP contribution in [0.15, 0.2) is 72.9 Å². The highest BCUT2D eigenvalue weighted by Gasteiger charge is 2.16. The number of ether oxygens (including phenoxy) is 1. The molecule has 4 rings (SSSR count). The molecule has 4 aromatic rings. The first-order valence-electron chi connectivity index (χ1n) is 12.2. The highest BCUT2D eigenvalue weighted by atomic mass is 35.5. The lowest BCUT2D eigenvalue weighted by atomic mass is 10.0. The number of aliphatic carboxylic acids is 1. The first kappa shape index (κ1) is 25.5. The SMILES string of the molecule is CC(C)Cc1cccc(OCc2cccc(C(=O)n3cc(CCCC(=O)O)c4ccc(Cl)cc43)c2)c1. The van der Waals surface area contributed by atoms with Gasteiger partial charge in [0.2, 0.25) is 0 Å². The van der Waals surface area contributed by atoms with E-state index in [0.29, 0.717) is 41.5 Å². The van der Waals surface area contributed by atoms with E-state index in [2.05, 4.69) is 26.0 Å². The highest BCUT2D eigenvalue weighted by molar-refractivity contribution is 6.31. The molecule has 186 valence electrons. The molecule has 0 bridgehead atoms. The summed E-state index contributed by atoms with van der Waals surface area (Å²) in [7, 11) is 0. The second-order valence-electron chi connectivity index (χ2n) is 9.47. The van der Waals surface area contributed by atoms with Crippen LogP contribution in [0, 0.1) is 5.92 Å². The molecule has 6 heteroatoms. The van der Waals surface area contributed by atoms with E-state index in [-0.39, 0.29) is 12.3 Å². The Hall–Kier alpha value is -3.57. The maximum atomic E-state index is 13.5. The van der Waals surface area contributed by atoms with Crippen molar-refractivity contribution < 1.29 is 19.4 Å². The first-order chi connectivity index (χ1) is 17.3. The second-order valence-corrected chi connectivity index (χ2v) is 9.91. The highest BCUT2D eigenvalue weighted by Crippen LogP contribution is 2.27. The van der Waals surface area contributed by atoms with Gasteiger partial charge in [0.05, 0.1) is 5.52 Å². The number of carboxylic acids is 1. The van der Waals surface area contributed by atoms with E-state index in [1.54, 1.807) is 29.0 Å². The van der Waals surface area contributed by atoms with Gasteiger partial charge in [-0.1, -0.05) is 55.8 Å². The van der Waals surface area contributed by atoms with Crippen LogP contribution in [0.2, 0.25) is 5.02 Å². The van der Waals surface area contributed by atoms with E-state index in [0.717, 1.165) is 28.7 Å². The zero-order chi connectivity index (χ0) is 25.7. The van der Waals surface area contributed by atoms with Crippen molar-refractivity contribution in [2.45, 2.75) is 46.1 Å². The number of carbonyl (C=O) groups excluding carboxylic acids is 1. The topological polar surface area (TPSA) is 68.5 Å². The van der Waals surface area contributed by atoms with Crippen LogP contribution < -0.4 is 4.74 Å². The van der Waals surface area contributed by atoms with Crippen LogP contribution in [0.4, 0.5) is 0 Å². The summed E-state index contributed by atoms with van der Waals surface area (Å²) in [5.74, 6) is 0.373. The largest absolute Gasteiger partial charge is 0.489 e. The molecule has 0 saturated carbocycles. The lowest BCUT2D eigenvalue weighted by Gasteiger charge is -2.11. The third-order valence-electron chi connectivity index (χ3n) is 6.03. The monoisotopic (exact) mass is 503 g/mol. The third kappa shape index (κ3) is 6.35. The van der Waals surface area contributed by atoms with E-state index in [4.69, 9.17) is 21.4 Å². The summed E-state index contributed by atoms with van der Waals surface area (Å²) in [5.41, 5.74) is 4.31. The Bertz CT molecular complexity index is 1390. The van der Waals surface area contributed by atoms with Gasteiger partial charge < -0.3 is 9.84 Å². The molecular weight excluding hydrogens is 474 g/mol. The third-order valence-corrected chi connectivity index (χ3v) is 6.26. The number of carboxylic acid groups (broad SMARTS) is 1. The van der Waals surface area contributed by atoms with Crippen molar-refractivity contribution in [1.29, 1.82) is 0 Å². The zero-order valence-corrected chi connectivity index (χ0v) is 21.3. The predicted molar refractivity (Wildman–Crippen MR) is 143 cm³/mol. The van der Waals surface area contributed by atoms with Gasteiger partial charge in [0.1, 0.15) is 12.4 Å². The van der Waals surface area contributed by atoms with Crippen molar-refractivity contribution in [1.82, 2.24) is 4.57 Å². The number of halogens is 1. The number of nitrogens with zero attached hydrogens (tertiary/aromatic N) is 1. The Balaban J connectivity index is 1.54. The number of hydrogen-bond donors (Lipinski definition) is 1. The summed E-state index contributed by atoms with van der Waals surface area (Å²) in [6.07, 6.45) is 3.93. The fourth-order valence-electron chi connectivity index (χ4n) is 4.40. The fraction of sp³-hybridized carbons (Fsp3) is 0.267. The minimum Gasteiger partial charge on any atom is -0.489 e. The Labute approximate surface area is 216 Å². The maximum absolute atomic E-state index is 13.5. The van der Waals surface area contributed by atoms with Gasteiger partial charge in [-0.25, -0.2) is 0 Å². The lowest BCUT2D eigenvalue weighted by Crippen LogP contribution is -2.11. The van der Waals surface area contributed by atoms with Gasteiger partial charge in [-0.2, -0.15) is 0 Å². The maximum Gasteiger partial charge on any atom is 0.303 e. The summed E-state index contributed by atoms with van der Waals surface area (Å²) >= 11 is 6.24. The van der Waals surface area contributed by atoms with Crippen molar-refractivity contribution in [3.8, 4) is 5.75 Å². The Morgan fingerprint density at radius 1 is 1.00 bits per heavy atom. The van der Waals surface area contributed by atoms with Gasteiger partial charge in [0, 0.05) is 28.6 Å². The number of benzene rings is 3. The van der Waals surface area contributed by atoms with Gasteiger partial charge in [-0.15, -0.1) is 0 Å². The lowest BCUT2D eigenvalue weighted by molar-refractivity contribution is -0.137. The molecule has 0 amide bonds. The van der Waals surface area contributed by atoms with Gasteiger partial charge in [-0.3, -0.25) is 14.2 Å². The van der Waals surface area contributed by atoms with Gasteiger partial charge in [0.25, 0.3) is 5.91 Å².